The van der Waals surface area contributed by atoms with Crippen molar-refractivity contribution in [1.29, 1.82) is 0 Å². The summed E-state index contributed by atoms with van der Waals surface area (Å²) in [6.45, 7) is -0.384. The average molecular weight is 402 g/mol. The van der Waals surface area contributed by atoms with Crippen LogP contribution in [0.4, 0.5) is 11.4 Å². The summed E-state index contributed by atoms with van der Waals surface area (Å²) in [5.74, 6) is 1.62. The number of carbonyl (C=O) groups excluding carboxylic acids is 2. The van der Waals surface area contributed by atoms with Gasteiger partial charge in [0.15, 0.2) is 6.61 Å². The van der Waals surface area contributed by atoms with E-state index in [2.05, 4.69) is 5.32 Å². The third-order valence-electron chi connectivity index (χ3n) is 6.72. The van der Waals surface area contributed by atoms with E-state index in [1.54, 1.807) is 0 Å². The molecule has 4 saturated carbocycles. The van der Waals surface area contributed by atoms with Crippen LogP contribution in [0.25, 0.3) is 0 Å². The molecule has 4 aliphatic rings. The molecule has 0 unspecified atom stereocenters. The summed E-state index contributed by atoms with van der Waals surface area (Å²) in [7, 11) is 1.36. The molecule has 4 fully saturated rings. The highest BCUT2D eigenvalue weighted by molar-refractivity contribution is 5.94. The lowest BCUT2D eigenvalue weighted by atomic mass is 9.49. The average Bonchev–Trinajstić information content (AvgIpc) is 2.65. The topological polar surface area (TPSA) is 108 Å². The van der Waals surface area contributed by atoms with Gasteiger partial charge in [0, 0.05) is 6.07 Å². The number of nitro groups is 1. The zero-order valence-electron chi connectivity index (χ0n) is 16.5. The third-order valence-corrected chi connectivity index (χ3v) is 6.72. The number of nitro benzene ring substituents is 1. The number of amides is 1. The first kappa shape index (κ1) is 19.7. The molecule has 1 aromatic rings. The van der Waals surface area contributed by atoms with Gasteiger partial charge in [-0.2, -0.15) is 0 Å². The van der Waals surface area contributed by atoms with Gasteiger partial charge in [-0.25, -0.2) is 0 Å². The molecule has 4 bridgehead atoms. The van der Waals surface area contributed by atoms with E-state index in [9.17, 15) is 19.7 Å². The second-order valence-electron chi connectivity index (χ2n) is 8.94. The molecule has 5 rings (SSSR count). The van der Waals surface area contributed by atoms with Crippen molar-refractivity contribution in [3.8, 4) is 5.75 Å². The molecule has 29 heavy (non-hydrogen) atoms. The van der Waals surface area contributed by atoms with Gasteiger partial charge in [0.2, 0.25) is 0 Å². The number of methoxy groups -OCH3 is 1. The highest BCUT2D eigenvalue weighted by atomic mass is 16.6. The molecule has 0 heterocycles. The quantitative estimate of drug-likeness (QED) is 0.423. The summed E-state index contributed by atoms with van der Waals surface area (Å²) in [5, 5.41) is 13.4. The van der Waals surface area contributed by atoms with Crippen molar-refractivity contribution in [2.75, 3.05) is 19.0 Å². The van der Waals surface area contributed by atoms with E-state index >= 15 is 0 Å². The number of nitrogens with one attached hydrogen (secondary N) is 1. The van der Waals surface area contributed by atoms with Crippen molar-refractivity contribution in [3.63, 3.8) is 0 Å². The number of ether oxygens (including phenoxy) is 2. The largest absolute Gasteiger partial charge is 0.494 e. The Morgan fingerprint density at radius 3 is 2.34 bits per heavy atom. The van der Waals surface area contributed by atoms with E-state index in [0.717, 1.165) is 37.0 Å². The minimum absolute atomic E-state index is 0.0733. The van der Waals surface area contributed by atoms with Crippen molar-refractivity contribution < 1.29 is 24.0 Å². The lowest BCUT2D eigenvalue weighted by molar-refractivity contribution is -0.384. The maximum Gasteiger partial charge on any atom is 0.306 e. The lowest BCUT2D eigenvalue weighted by Crippen LogP contribution is -2.47. The number of carbonyl (C=O) groups is 2. The van der Waals surface area contributed by atoms with Gasteiger partial charge in [-0.15, -0.1) is 0 Å². The summed E-state index contributed by atoms with van der Waals surface area (Å²) in [6, 6.07) is 3.90. The fourth-order valence-corrected chi connectivity index (χ4v) is 6.09. The Labute approximate surface area is 169 Å². The Morgan fingerprint density at radius 2 is 1.79 bits per heavy atom. The first-order valence-electron chi connectivity index (χ1n) is 10.1. The molecular weight excluding hydrogens is 376 g/mol. The SMILES string of the molecule is COc1cc([N+](=O)[O-])ccc1NC(=O)COC(=O)CC12CC3CC(CC(C3)C1)C2. The number of esters is 1. The molecule has 8 nitrogen and oxygen atoms in total. The number of hydrogen-bond donors (Lipinski definition) is 1. The van der Waals surface area contributed by atoms with Gasteiger partial charge in [-0.3, -0.25) is 19.7 Å². The van der Waals surface area contributed by atoms with Crippen LogP contribution in [-0.2, 0) is 14.3 Å². The van der Waals surface area contributed by atoms with Gasteiger partial charge in [-0.05, 0) is 67.8 Å². The Hall–Kier alpha value is -2.64. The van der Waals surface area contributed by atoms with Crippen LogP contribution in [-0.4, -0.2) is 30.5 Å². The van der Waals surface area contributed by atoms with Crippen LogP contribution < -0.4 is 10.1 Å². The fraction of sp³-hybridized carbons (Fsp3) is 0.619. The molecule has 0 saturated heterocycles. The second kappa shape index (κ2) is 7.65. The second-order valence-corrected chi connectivity index (χ2v) is 8.94. The van der Waals surface area contributed by atoms with Gasteiger partial charge >= 0.3 is 5.97 Å². The molecule has 0 spiro atoms. The molecule has 156 valence electrons. The molecule has 1 aromatic carbocycles. The normalized spacial score (nSPS) is 29.3. The van der Waals surface area contributed by atoms with Crippen molar-refractivity contribution in [1.82, 2.24) is 0 Å². The zero-order valence-corrected chi connectivity index (χ0v) is 16.5. The number of benzene rings is 1. The molecule has 8 heteroatoms. The number of nitrogens with zero attached hydrogens (tertiary/aromatic N) is 1. The first-order chi connectivity index (χ1) is 13.9. The van der Waals surface area contributed by atoms with Crippen LogP contribution in [0.1, 0.15) is 44.9 Å². The molecule has 0 atom stereocenters. The Bertz CT molecular complexity index is 801. The number of anilines is 1. The van der Waals surface area contributed by atoms with Crippen molar-refractivity contribution in [3.05, 3.63) is 28.3 Å². The van der Waals surface area contributed by atoms with Crippen LogP contribution in [0.15, 0.2) is 18.2 Å². The third kappa shape index (κ3) is 4.21. The smallest absolute Gasteiger partial charge is 0.306 e. The molecule has 4 aliphatic carbocycles. The maximum atomic E-state index is 12.4. The number of hydrogen-bond acceptors (Lipinski definition) is 6. The predicted octanol–water partition coefficient (Wildman–Crippen LogP) is 3.69. The summed E-state index contributed by atoms with van der Waals surface area (Å²) in [4.78, 5) is 34.9. The van der Waals surface area contributed by atoms with Crippen LogP contribution in [0.2, 0.25) is 0 Å². The Morgan fingerprint density at radius 1 is 1.17 bits per heavy atom. The summed E-state index contributed by atoms with van der Waals surface area (Å²) in [6.07, 6.45) is 7.67. The van der Waals surface area contributed by atoms with Gasteiger partial charge in [0.1, 0.15) is 5.75 Å². The monoisotopic (exact) mass is 402 g/mol. The molecule has 1 amide bonds. The molecule has 0 aliphatic heterocycles. The van der Waals surface area contributed by atoms with Crippen LogP contribution in [0, 0.1) is 33.3 Å². The number of rotatable bonds is 7. The minimum atomic E-state index is -0.541. The van der Waals surface area contributed by atoms with E-state index in [1.807, 2.05) is 0 Å². The van der Waals surface area contributed by atoms with Crippen LogP contribution >= 0.6 is 0 Å². The highest BCUT2D eigenvalue weighted by Crippen LogP contribution is 2.61. The lowest BCUT2D eigenvalue weighted by Gasteiger charge is -2.56. The van der Waals surface area contributed by atoms with E-state index in [0.29, 0.717) is 12.1 Å². The minimum Gasteiger partial charge on any atom is -0.494 e. The van der Waals surface area contributed by atoms with E-state index < -0.39 is 10.8 Å². The van der Waals surface area contributed by atoms with E-state index in [4.69, 9.17) is 9.47 Å². The standard InChI is InChI=1S/C21H26N2O6/c1-28-18-7-16(23(26)27)2-3-17(18)22-19(24)12-29-20(25)11-21-8-13-4-14(9-21)6-15(5-13)10-21/h2-3,7,13-15H,4-6,8-12H2,1H3,(H,22,24). The highest BCUT2D eigenvalue weighted by Gasteiger charge is 2.51. The summed E-state index contributed by atoms with van der Waals surface area (Å²) in [5.41, 5.74) is 0.228. The van der Waals surface area contributed by atoms with Crippen molar-refractivity contribution in [2.45, 2.75) is 44.9 Å². The van der Waals surface area contributed by atoms with Gasteiger partial charge in [-0.1, -0.05) is 0 Å². The van der Waals surface area contributed by atoms with Gasteiger partial charge < -0.3 is 14.8 Å². The molecule has 1 N–H and O–H groups in total. The summed E-state index contributed by atoms with van der Waals surface area (Å²) >= 11 is 0. The van der Waals surface area contributed by atoms with Gasteiger partial charge in [0.25, 0.3) is 11.6 Å². The van der Waals surface area contributed by atoms with Crippen molar-refractivity contribution in [2.24, 2.45) is 23.2 Å². The van der Waals surface area contributed by atoms with Gasteiger partial charge in [0.05, 0.1) is 30.2 Å². The maximum absolute atomic E-state index is 12.4. The van der Waals surface area contributed by atoms with Crippen molar-refractivity contribution >= 4 is 23.3 Å². The molecule has 0 aromatic heterocycles. The summed E-state index contributed by atoms with van der Waals surface area (Å²) < 4.78 is 10.3. The molecule has 0 radical (unpaired) electrons. The predicted molar refractivity (Wildman–Crippen MR) is 104 cm³/mol. The van der Waals surface area contributed by atoms with E-state index in [-0.39, 0.29) is 29.4 Å². The Kier molecular flexibility index (Phi) is 5.19. The first-order valence-corrected chi connectivity index (χ1v) is 10.1. The number of non-ortho nitro benzene ring substituents is 1. The van der Waals surface area contributed by atoms with E-state index in [1.165, 1.54) is 44.6 Å². The van der Waals surface area contributed by atoms with Crippen LogP contribution in [0.3, 0.4) is 0 Å². The Balaban J connectivity index is 1.30. The fourth-order valence-electron chi connectivity index (χ4n) is 6.09. The zero-order chi connectivity index (χ0) is 20.6. The van der Waals surface area contributed by atoms with Crippen LogP contribution in [0.5, 0.6) is 5.75 Å². The molecular formula is C21H26N2O6.